The maximum atomic E-state index is 11.1. The second-order valence-electron chi connectivity index (χ2n) is 5.72. The van der Waals surface area contributed by atoms with Gasteiger partial charge in [0.25, 0.3) is 0 Å². The predicted octanol–water partition coefficient (Wildman–Crippen LogP) is 2.91. The SMILES string of the molecule is CC(=O)OC1CC2CCC13CCCCC23. The largest absolute Gasteiger partial charge is 0.462 e. The number of esters is 1. The molecule has 3 aliphatic rings. The minimum atomic E-state index is -0.0775. The van der Waals surface area contributed by atoms with E-state index in [2.05, 4.69) is 0 Å². The molecule has 2 nitrogen and oxygen atoms in total. The molecule has 3 saturated carbocycles. The summed E-state index contributed by atoms with van der Waals surface area (Å²) in [7, 11) is 0. The third kappa shape index (κ3) is 1.26. The molecule has 15 heavy (non-hydrogen) atoms. The van der Waals surface area contributed by atoms with Gasteiger partial charge in [-0.15, -0.1) is 0 Å². The summed E-state index contributed by atoms with van der Waals surface area (Å²) in [6.07, 6.45) is 9.58. The van der Waals surface area contributed by atoms with E-state index >= 15 is 0 Å². The third-order valence-electron chi connectivity index (χ3n) is 5.16. The first-order chi connectivity index (χ1) is 7.22. The number of hydrogen-bond donors (Lipinski definition) is 0. The lowest BCUT2D eigenvalue weighted by Gasteiger charge is -2.40. The summed E-state index contributed by atoms with van der Waals surface area (Å²) < 4.78 is 5.57. The molecule has 2 bridgehead atoms. The molecule has 0 N–H and O–H groups in total. The van der Waals surface area contributed by atoms with Crippen molar-refractivity contribution in [1.82, 2.24) is 0 Å². The van der Waals surface area contributed by atoms with E-state index in [1.165, 1.54) is 38.5 Å². The summed E-state index contributed by atoms with van der Waals surface area (Å²) in [5.41, 5.74) is 0.411. The molecular formula is C13H20O2. The van der Waals surface area contributed by atoms with Gasteiger partial charge in [0.05, 0.1) is 0 Å². The summed E-state index contributed by atoms with van der Waals surface area (Å²) in [5.74, 6) is 1.68. The van der Waals surface area contributed by atoms with E-state index in [1.54, 1.807) is 6.92 Å². The lowest BCUT2D eigenvalue weighted by Crippen LogP contribution is -2.38. The summed E-state index contributed by atoms with van der Waals surface area (Å²) in [6.45, 7) is 1.56. The highest BCUT2D eigenvalue weighted by Gasteiger charge is 2.60. The molecule has 4 atom stereocenters. The number of ether oxygens (including phenoxy) is 1. The molecule has 0 saturated heterocycles. The smallest absolute Gasteiger partial charge is 0.302 e. The molecule has 0 amide bonds. The second kappa shape index (κ2) is 3.23. The van der Waals surface area contributed by atoms with Crippen molar-refractivity contribution in [3.8, 4) is 0 Å². The van der Waals surface area contributed by atoms with Gasteiger partial charge < -0.3 is 4.74 Å². The van der Waals surface area contributed by atoms with Crippen LogP contribution in [-0.2, 0) is 9.53 Å². The van der Waals surface area contributed by atoms with Crippen LogP contribution in [-0.4, -0.2) is 12.1 Å². The van der Waals surface area contributed by atoms with E-state index in [4.69, 9.17) is 4.74 Å². The van der Waals surface area contributed by atoms with Crippen LogP contribution < -0.4 is 0 Å². The van der Waals surface area contributed by atoms with Gasteiger partial charge in [0.1, 0.15) is 6.10 Å². The topological polar surface area (TPSA) is 26.3 Å². The van der Waals surface area contributed by atoms with Crippen LogP contribution in [0, 0.1) is 17.3 Å². The molecule has 3 fully saturated rings. The van der Waals surface area contributed by atoms with Crippen LogP contribution in [0.3, 0.4) is 0 Å². The van der Waals surface area contributed by atoms with Gasteiger partial charge in [0.15, 0.2) is 0 Å². The Labute approximate surface area is 91.4 Å². The van der Waals surface area contributed by atoms with Crippen molar-refractivity contribution < 1.29 is 9.53 Å². The average Bonchev–Trinajstić information content (AvgIpc) is 2.70. The van der Waals surface area contributed by atoms with Crippen molar-refractivity contribution >= 4 is 5.97 Å². The van der Waals surface area contributed by atoms with Crippen LogP contribution in [0.2, 0.25) is 0 Å². The highest BCUT2D eigenvalue weighted by molar-refractivity contribution is 5.66. The minimum absolute atomic E-state index is 0.0775. The fourth-order valence-electron chi connectivity index (χ4n) is 4.68. The molecule has 3 aliphatic carbocycles. The van der Waals surface area contributed by atoms with Crippen LogP contribution >= 0.6 is 0 Å². The van der Waals surface area contributed by atoms with E-state index in [-0.39, 0.29) is 12.1 Å². The minimum Gasteiger partial charge on any atom is -0.462 e. The van der Waals surface area contributed by atoms with E-state index in [9.17, 15) is 4.79 Å². The Kier molecular flexibility index (Phi) is 2.08. The Bertz CT molecular complexity index is 286. The van der Waals surface area contributed by atoms with E-state index in [1.807, 2.05) is 0 Å². The number of carbonyl (C=O) groups excluding carboxylic acids is 1. The third-order valence-corrected chi connectivity index (χ3v) is 5.16. The van der Waals surface area contributed by atoms with E-state index in [0.29, 0.717) is 5.41 Å². The van der Waals surface area contributed by atoms with E-state index in [0.717, 1.165) is 18.3 Å². The van der Waals surface area contributed by atoms with Crippen molar-refractivity contribution in [1.29, 1.82) is 0 Å². The van der Waals surface area contributed by atoms with Crippen molar-refractivity contribution in [3.05, 3.63) is 0 Å². The van der Waals surface area contributed by atoms with Crippen molar-refractivity contribution in [2.75, 3.05) is 0 Å². The Balaban J connectivity index is 1.85. The zero-order valence-electron chi connectivity index (χ0n) is 9.50. The number of carbonyl (C=O) groups is 1. The first-order valence-corrected chi connectivity index (χ1v) is 6.39. The fourth-order valence-corrected chi connectivity index (χ4v) is 4.68. The van der Waals surface area contributed by atoms with Crippen LogP contribution in [0.4, 0.5) is 0 Å². The first kappa shape index (κ1) is 9.68. The fraction of sp³-hybridized carbons (Fsp3) is 0.923. The van der Waals surface area contributed by atoms with Gasteiger partial charge in [-0.2, -0.15) is 0 Å². The zero-order valence-corrected chi connectivity index (χ0v) is 9.50. The van der Waals surface area contributed by atoms with Crippen molar-refractivity contribution in [3.63, 3.8) is 0 Å². The Morgan fingerprint density at radius 1 is 1.27 bits per heavy atom. The highest BCUT2D eigenvalue weighted by atomic mass is 16.5. The van der Waals surface area contributed by atoms with Gasteiger partial charge in [-0.25, -0.2) is 0 Å². The van der Waals surface area contributed by atoms with Gasteiger partial charge in [-0.1, -0.05) is 12.8 Å². The normalized spacial score (nSPS) is 47.7. The zero-order chi connectivity index (χ0) is 10.5. The number of hydrogen-bond acceptors (Lipinski definition) is 2. The second-order valence-corrected chi connectivity index (χ2v) is 5.72. The molecule has 4 unspecified atom stereocenters. The number of rotatable bonds is 1. The molecule has 0 aromatic carbocycles. The molecule has 0 aromatic rings. The lowest BCUT2D eigenvalue weighted by atomic mass is 9.68. The quantitative estimate of drug-likeness (QED) is 0.619. The maximum absolute atomic E-state index is 11.1. The standard InChI is InChI=1S/C13H20O2/c1-9(14)15-12-8-10-5-7-13(12)6-3-2-4-11(10)13/h10-12H,2-8H2,1H3. The van der Waals surface area contributed by atoms with E-state index < -0.39 is 0 Å². The highest BCUT2D eigenvalue weighted by Crippen LogP contribution is 2.64. The van der Waals surface area contributed by atoms with Gasteiger partial charge in [-0.05, 0) is 43.9 Å². The molecule has 0 aliphatic heterocycles. The van der Waals surface area contributed by atoms with Crippen LogP contribution in [0.15, 0.2) is 0 Å². The molecule has 3 rings (SSSR count). The Hall–Kier alpha value is -0.530. The molecule has 2 heteroatoms. The maximum Gasteiger partial charge on any atom is 0.302 e. The summed E-state index contributed by atoms with van der Waals surface area (Å²) in [5, 5.41) is 0. The summed E-state index contributed by atoms with van der Waals surface area (Å²) in [6, 6.07) is 0. The first-order valence-electron chi connectivity index (χ1n) is 6.39. The molecular weight excluding hydrogens is 188 g/mol. The average molecular weight is 208 g/mol. The van der Waals surface area contributed by atoms with Crippen molar-refractivity contribution in [2.24, 2.45) is 17.3 Å². The van der Waals surface area contributed by atoms with Gasteiger partial charge in [-0.3, -0.25) is 4.79 Å². The van der Waals surface area contributed by atoms with Gasteiger partial charge >= 0.3 is 5.97 Å². The summed E-state index contributed by atoms with van der Waals surface area (Å²) in [4.78, 5) is 11.1. The van der Waals surface area contributed by atoms with Crippen LogP contribution in [0.1, 0.15) is 51.9 Å². The summed E-state index contributed by atoms with van der Waals surface area (Å²) >= 11 is 0. The van der Waals surface area contributed by atoms with Crippen LogP contribution in [0.5, 0.6) is 0 Å². The van der Waals surface area contributed by atoms with Gasteiger partial charge in [0.2, 0.25) is 0 Å². The predicted molar refractivity (Wildman–Crippen MR) is 57.3 cm³/mol. The monoisotopic (exact) mass is 208 g/mol. The molecule has 0 spiro atoms. The molecule has 0 heterocycles. The van der Waals surface area contributed by atoms with Crippen LogP contribution in [0.25, 0.3) is 0 Å². The lowest BCUT2D eigenvalue weighted by molar-refractivity contribution is -0.154. The van der Waals surface area contributed by atoms with Gasteiger partial charge in [0, 0.05) is 12.3 Å². The molecule has 84 valence electrons. The Morgan fingerprint density at radius 3 is 2.93 bits per heavy atom. The Morgan fingerprint density at radius 2 is 2.13 bits per heavy atom. The molecule has 0 radical (unpaired) electrons. The van der Waals surface area contributed by atoms with Crippen molar-refractivity contribution in [2.45, 2.75) is 58.0 Å². The molecule has 0 aromatic heterocycles.